The van der Waals surface area contributed by atoms with Crippen LogP contribution in [0.15, 0.2) is 20.8 Å². The van der Waals surface area contributed by atoms with Crippen molar-refractivity contribution in [3.05, 3.63) is 44.6 Å². The Labute approximate surface area is 125 Å². The molecule has 110 valence electrons. The number of nitrogens with one attached hydrogen (secondary N) is 2. The Bertz CT molecular complexity index is 813. The van der Waals surface area contributed by atoms with Crippen LogP contribution in [0.2, 0.25) is 0 Å². The van der Waals surface area contributed by atoms with Gasteiger partial charge in [-0.1, -0.05) is 5.16 Å². The smallest absolute Gasteiger partial charge is 0.268 e. The third-order valence-electron chi connectivity index (χ3n) is 3.46. The summed E-state index contributed by atoms with van der Waals surface area (Å²) >= 11 is 1.40. The van der Waals surface area contributed by atoms with Gasteiger partial charge in [-0.05, 0) is 32.2 Å². The summed E-state index contributed by atoms with van der Waals surface area (Å²) in [6.07, 6.45) is 0. The van der Waals surface area contributed by atoms with E-state index in [2.05, 4.69) is 20.4 Å². The van der Waals surface area contributed by atoms with E-state index in [-0.39, 0.29) is 11.6 Å². The number of aromatic amines is 1. The lowest BCUT2D eigenvalue weighted by Crippen LogP contribution is -2.22. The molecular weight excluding hydrogens is 288 g/mol. The van der Waals surface area contributed by atoms with Crippen LogP contribution in [0, 0.1) is 13.8 Å². The van der Waals surface area contributed by atoms with Crippen molar-refractivity contribution in [2.45, 2.75) is 33.4 Å². The molecule has 0 fully saturated rings. The van der Waals surface area contributed by atoms with Gasteiger partial charge in [0.25, 0.3) is 5.56 Å². The molecule has 6 nitrogen and oxygen atoms in total. The Balaban J connectivity index is 1.78. The van der Waals surface area contributed by atoms with Crippen LogP contribution >= 0.6 is 11.3 Å². The molecule has 0 bridgehead atoms. The first-order chi connectivity index (χ1) is 10.1. The van der Waals surface area contributed by atoms with E-state index in [1.807, 2.05) is 32.2 Å². The second kappa shape index (κ2) is 5.42. The summed E-state index contributed by atoms with van der Waals surface area (Å²) in [4.78, 5) is 19.2. The third-order valence-corrected chi connectivity index (χ3v) is 4.36. The van der Waals surface area contributed by atoms with Crippen LogP contribution < -0.4 is 10.9 Å². The Morgan fingerprint density at radius 2 is 2.29 bits per heavy atom. The van der Waals surface area contributed by atoms with E-state index in [4.69, 9.17) is 4.52 Å². The average molecular weight is 304 g/mol. The van der Waals surface area contributed by atoms with Crippen molar-refractivity contribution >= 4 is 21.6 Å². The van der Waals surface area contributed by atoms with E-state index in [1.165, 1.54) is 11.3 Å². The number of fused-ring (bicyclic) bond motifs is 1. The van der Waals surface area contributed by atoms with Gasteiger partial charge in [0.15, 0.2) is 0 Å². The van der Waals surface area contributed by atoms with E-state index in [0.29, 0.717) is 17.1 Å². The van der Waals surface area contributed by atoms with Gasteiger partial charge in [-0.2, -0.15) is 0 Å². The maximum absolute atomic E-state index is 11.9. The first-order valence-electron chi connectivity index (χ1n) is 6.69. The Morgan fingerprint density at radius 3 is 3.00 bits per heavy atom. The molecule has 0 radical (unpaired) electrons. The number of aryl methyl sites for hydroxylation is 2. The molecule has 0 amide bonds. The molecule has 3 heterocycles. The molecule has 0 aromatic carbocycles. The highest BCUT2D eigenvalue weighted by atomic mass is 32.1. The van der Waals surface area contributed by atoms with Crippen molar-refractivity contribution < 1.29 is 4.52 Å². The minimum atomic E-state index is -0.0863. The zero-order valence-electron chi connectivity index (χ0n) is 12.1. The van der Waals surface area contributed by atoms with Gasteiger partial charge in [-0.3, -0.25) is 4.79 Å². The van der Waals surface area contributed by atoms with E-state index >= 15 is 0 Å². The number of H-pyrrole nitrogens is 1. The van der Waals surface area contributed by atoms with E-state index in [1.54, 1.807) is 0 Å². The van der Waals surface area contributed by atoms with Crippen molar-refractivity contribution in [3.63, 3.8) is 0 Å². The number of hydrogen-bond donors (Lipinski definition) is 2. The van der Waals surface area contributed by atoms with Crippen LogP contribution in [-0.4, -0.2) is 15.1 Å². The largest absolute Gasteiger partial charge is 0.361 e. The summed E-state index contributed by atoms with van der Waals surface area (Å²) in [5, 5.41) is 9.16. The normalized spacial score (nSPS) is 12.9. The molecule has 0 spiro atoms. The Kier molecular flexibility index (Phi) is 3.60. The van der Waals surface area contributed by atoms with Gasteiger partial charge >= 0.3 is 0 Å². The zero-order valence-corrected chi connectivity index (χ0v) is 12.9. The van der Waals surface area contributed by atoms with Crippen molar-refractivity contribution in [1.82, 2.24) is 20.4 Å². The molecule has 3 aromatic heterocycles. The van der Waals surface area contributed by atoms with Gasteiger partial charge in [0.05, 0.1) is 17.8 Å². The summed E-state index contributed by atoms with van der Waals surface area (Å²) < 4.78 is 5.84. The fourth-order valence-corrected chi connectivity index (χ4v) is 3.19. The van der Waals surface area contributed by atoms with Crippen LogP contribution in [-0.2, 0) is 6.54 Å². The molecule has 0 aliphatic heterocycles. The number of thiophene rings is 1. The van der Waals surface area contributed by atoms with Crippen molar-refractivity contribution in [2.75, 3.05) is 0 Å². The first-order valence-corrected chi connectivity index (χ1v) is 7.56. The summed E-state index contributed by atoms with van der Waals surface area (Å²) in [6.45, 7) is 6.33. The highest BCUT2D eigenvalue weighted by Gasteiger charge is 2.16. The molecule has 7 heteroatoms. The highest BCUT2D eigenvalue weighted by Crippen LogP contribution is 2.21. The van der Waals surface area contributed by atoms with Gasteiger partial charge in [0.1, 0.15) is 16.3 Å². The SMILES string of the molecule is Cc1noc(C)c1C(C)NCc1nc2ccsc2c(=O)[nH]1. The minimum Gasteiger partial charge on any atom is -0.361 e. The van der Waals surface area contributed by atoms with Crippen LogP contribution in [0.5, 0.6) is 0 Å². The molecule has 1 atom stereocenters. The van der Waals surface area contributed by atoms with E-state index < -0.39 is 0 Å². The van der Waals surface area contributed by atoms with Gasteiger partial charge in [0, 0.05) is 11.6 Å². The standard InChI is InChI=1S/C14H16N4O2S/c1-7(12-8(2)18-20-9(12)3)15-6-11-16-10-4-5-21-13(10)14(19)17-11/h4-5,7,15H,6H2,1-3H3,(H,16,17,19). The predicted octanol–water partition coefficient (Wildman–Crippen LogP) is 2.44. The predicted molar refractivity (Wildman–Crippen MR) is 81.5 cm³/mol. The van der Waals surface area contributed by atoms with E-state index in [9.17, 15) is 4.79 Å². The summed E-state index contributed by atoms with van der Waals surface area (Å²) in [7, 11) is 0. The Hall–Kier alpha value is -1.99. The van der Waals surface area contributed by atoms with Crippen LogP contribution in [0.1, 0.15) is 35.8 Å². The number of aromatic nitrogens is 3. The molecule has 0 aliphatic carbocycles. The lowest BCUT2D eigenvalue weighted by Gasteiger charge is -2.13. The number of hydrogen-bond acceptors (Lipinski definition) is 6. The number of rotatable bonds is 4. The molecule has 0 saturated carbocycles. The fourth-order valence-electron chi connectivity index (χ4n) is 2.47. The highest BCUT2D eigenvalue weighted by molar-refractivity contribution is 7.17. The van der Waals surface area contributed by atoms with Gasteiger partial charge < -0.3 is 14.8 Å². The maximum Gasteiger partial charge on any atom is 0.268 e. The molecule has 1 unspecified atom stereocenters. The lowest BCUT2D eigenvalue weighted by molar-refractivity contribution is 0.390. The second-order valence-electron chi connectivity index (χ2n) is 4.99. The number of nitrogens with zero attached hydrogens (tertiary/aromatic N) is 2. The van der Waals surface area contributed by atoms with Gasteiger partial charge in [0.2, 0.25) is 0 Å². The lowest BCUT2D eigenvalue weighted by atomic mass is 10.1. The summed E-state index contributed by atoms with van der Waals surface area (Å²) in [6, 6.07) is 1.93. The maximum atomic E-state index is 11.9. The molecule has 2 N–H and O–H groups in total. The zero-order chi connectivity index (χ0) is 15.0. The quantitative estimate of drug-likeness (QED) is 0.773. The molecule has 3 rings (SSSR count). The van der Waals surface area contributed by atoms with E-state index in [0.717, 1.165) is 22.5 Å². The second-order valence-corrected chi connectivity index (χ2v) is 5.90. The summed E-state index contributed by atoms with van der Waals surface area (Å²) in [5.41, 5.74) is 2.58. The van der Waals surface area contributed by atoms with Gasteiger partial charge in [-0.15, -0.1) is 11.3 Å². The average Bonchev–Trinajstić information content (AvgIpc) is 3.03. The Morgan fingerprint density at radius 1 is 1.48 bits per heavy atom. The fraction of sp³-hybridized carbons (Fsp3) is 0.357. The van der Waals surface area contributed by atoms with Gasteiger partial charge in [-0.25, -0.2) is 4.98 Å². The van der Waals surface area contributed by atoms with Crippen molar-refractivity contribution in [1.29, 1.82) is 0 Å². The van der Waals surface area contributed by atoms with Crippen LogP contribution in [0.4, 0.5) is 0 Å². The minimum absolute atomic E-state index is 0.0692. The molecule has 0 aliphatic rings. The monoisotopic (exact) mass is 304 g/mol. The molecule has 21 heavy (non-hydrogen) atoms. The molecule has 0 saturated heterocycles. The molecular formula is C14H16N4O2S. The van der Waals surface area contributed by atoms with Crippen molar-refractivity contribution in [2.24, 2.45) is 0 Å². The first kappa shape index (κ1) is 14.0. The van der Waals surface area contributed by atoms with Crippen LogP contribution in [0.3, 0.4) is 0 Å². The van der Waals surface area contributed by atoms with Crippen molar-refractivity contribution in [3.8, 4) is 0 Å². The summed E-state index contributed by atoms with van der Waals surface area (Å²) in [5.74, 6) is 1.44. The topological polar surface area (TPSA) is 83.8 Å². The molecule has 3 aromatic rings. The third kappa shape index (κ3) is 2.62. The van der Waals surface area contributed by atoms with Crippen LogP contribution in [0.25, 0.3) is 10.2 Å².